The van der Waals surface area contributed by atoms with E-state index in [0.717, 1.165) is 12.1 Å². The van der Waals surface area contributed by atoms with Crippen LogP contribution < -0.4 is 10.5 Å². The monoisotopic (exact) mass is 346 g/mol. The number of ether oxygens (including phenoxy) is 2. The Balaban J connectivity index is 2.09. The first-order valence-electron chi connectivity index (χ1n) is 7.22. The highest BCUT2D eigenvalue weighted by molar-refractivity contribution is 5.83. The number of nitrogens with zero attached hydrogens (tertiary/aromatic N) is 1. The topological polar surface area (TPSA) is 81.9 Å². The van der Waals surface area contributed by atoms with Gasteiger partial charge in [0.2, 0.25) is 5.91 Å². The number of para-hydroxylation sites is 1. The Kier molecular flexibility index (Phi) is 5.33. The van der Waals surface area contributed by atoms with Crippen molar-refractivity contribution in [2.24, 2.45) is 5.73 Å². The number of benzene rings is 1. The van der Waals surface area contributed by atoms with Crippen molar-refractivity contribution < 1.29 is 32.2 Å². The Bertz CT molecular complexity index is 621. The van der Waals surface area contributed by atoms with Gasteiger partial charge in [-0.25, -0.2) is 0 Å². The number of carbonyl (C=O) groups excluding carboxylic acids is 2. The van der Waals surface area contributed by atoms with Gasteiger partial charge in [0.25, 0.3) is 5.91 Å². The predicted octanol–water partition coefficient (Wildman–Crippen LogP) is 1.19. The van der Waals surface area contributed by atoms with Crippen LogP contribution in [0.3, 0.4) is 0 Å². The van der Waals surface area contributed by atoms with E-state index in [1.165, 1.54) is 24.0 Å². The van der Waals surface area contributed by atoms with Crippen molar-refractivity contribution in [2.75, 3.05) is 19.7 Å². The van der Waals surface area contributed by atoms with Gasteiger partial charge in [-0.15, -0.1) is 0 Å². The van der Waals surface area contributed by atoms with E-state index in [0.29, 0.717) is 0 Å². The van der Waals surface area contributed by atoms with Crippen LogP contribution in [0.4, 0.5) is 13.2 Å². The van der Waals surface area contributed by atoms with Crippen molar-refractivity contribution in [3.05, 3.63) is 29.8 Å². The van der Waals surface area contributed by atoms with E-state index in [1.54, 1.807) is 0 Å². The quantitative estimate of drug-likeness (QED) is 0.888. The Hall–Kier alpha value is -2.29. The van der Waals surface area contributed by atoms with Gasteiger partial charge in [0, 0.05) is 6.54 Å². The molecule has 9 heteroatoms. The lowest BCUT2D eigenvalue weighted by molar-refractivity contribution is -0.151. The molecular formula is C15H17F3N2O4. The molecule has 0 bridgehead atoms. The van der Waals surface area contributed by atoms with E-state index in [-0.39, 0.29) is 19.7 Å². The number of carbonyl (C=O) groups is 2. The standard InChI is InChI=1S/C15H17F3N2O4/c1-9(14(22)20-6-7-23-12(8-20)13(19)21)24-11-5-3-2-4-10(11)15(16,17)18/h2-5,9,12H,6-8H2,1H3,(H2,19,21)/t9-,12-/m0/s1. The molecule has 0 unspecified atom stereocenters. The third-order valence-electron chi connectivity index (χ3n) is 3.54. The fourth-order valence-corrected chi connectivity index (χ4v) is 2.32. The third kappa shape index (κ3) is 4.16. The van der Waals surface area contributed by atoms with E-state index in [9.17, 15) is 22.8 Å². The van der Waals surface area contributed by atoms with Gasteiger partial charge in [-0.3, -0.25) is 9.59 Å². The number of halogens is 3. The summed E-state index contributed by atoms with van der Waals surface area (Å²) in [5.41, 5.74) is 4.18. The fraction of sp³-hybridized carbons (Fsp3) is 0.467. The van der Waals surface area contributed by atoms with Gasteiger partial charge < -0.3 is 20.1 Å². The molecule has 1 heterocycles. The van der Waals surface area contributed by atoms with Crippen molar-refractivity contribution >= 4 is 11.8 Å². The van der Waals surface area contributed by atoms with Gasteiger partial charge in [-0.05, 0) is 19.1 Å². The molecule has 0 spiro atoms. The summed E-state index contributed by atoms with van der Waals surface area (Å²) in [7, 11) is 0. The summed E-state index contributed by atoms with van der Waals surface area (Å²) in [6.45, 7) is 1.62. The van der Waals surface area contributed by atoms with E-state index in [2.05, 4.69) is 0 Å². The van der Waals surface area contributed by atoms with E-state index in [1.807, 2.05) is 0 Å². The minimum atomic E-state index is -4.59. The number of hydrogen-bond acceptors (Lipinski definition) is 4. The molecule has 132 valence electrons. The first kappa shape index (κ1) is 18.1. The first-order chi connectivity index (χ1) is 11.2. The second kappa shape index (κ2) is 7.08. The van der Waals surface area contributed by atoms with Crippen LogP contribution in [0, 0.1) is 0 Å². The molecule has 1 saturated heterocycles. The fourth-order valence-electron chi connectivity index (χ4n) is 2.32. The minimum absolute atomic E-state index is 0.0528. The Morgan fingerprint density at radius 3 is 2.67 bits per heavy atom. The summed E-state index contributed by atoms with van der Waals surface area (Å²) in [5, 5.41) is 0. The van der Waals surface area contributed by atoms with Crippen LogP contribution >= 0.6 is 0 Å². The highest BCUT2D eigenvalue weighted by Gasteiger charge is 2.36. The number of hydrogen-bond donors (Lipinski definition) is 1. The largest absolute Gasteiger partial charge is 0.480 e. The van der Waals surface area contributed by atoms with Crippen LogP contribution in [-0.2, 0) is 20.5 Å². The molecular weight excluding hydrogens is 329 g/mol. The lowest BCUT2D eigenvalue weighted by Crippen LogP contribution is -2.53. The van der Waals surface area contributed by atoms with E-state index < -0.39 is 41.5 Å². The zero-order valence-electron chi connectivity index (χ0n) is 12.9. The van der Waals surface area contributed by atoms with Crippen molar-refractivity contribution in [3.63, 3.8) is 0 Å². The Morgan fingerprint density at radius 2 is 2.04 bits per heavy atom. The Morgan fingerprint density at radius 1 is 1.38 bits per heavy atom. The average Bonchev–Trinajstić information content (AvgIpc) is 2.53. The third-order valence-corrected chi connectivity index (χ3v) is 3.54. The van der Waals surface area contributed by atoms with Crippen LogP contribution in [0.25, 0.3) is 0 Å². The van der Waals surface area contributed by atoms with Crippen molar-refractivity contribution in [1.82, 2.24) is 4.90 Å². The van der Waals surface area contributed by atoms with Crippen LogP contribution in [-0.4, -0.2) is 48.6 Å². The highest BCUT2D eigenvalue weighted by Crippen LogP contribution is 2.36. The molecule has 24 heavy (non-hydrogen) atoms. The molecule has 0 radical (unpaired) electrons. The molecule has 2 N–H and O–H groups in total. The lowest BCUT2D eigenvalue weighted by atomic mass is 10.2. The van der Waals surface area contributed by atoms with Crippen LogP contribution in [0.15, 0.2) is 24.3 Å². The lowest BCUT2D eigenvalue weighted by Gasteiger charge is -2.33. The molecule has 1 aromatic carbocycles. The predicted molar refractivity (Wildman–Crippen MR) is 77.0 cm³/mol. The minimum Gasteiger partial charge on any atom is -0.480 e. The van der Waals surface area contributed by atoms with Crippen molar-refractivity contribution in [1.29, 1.82) is 0 Å². The smallest absolute Gasteiger partial charge is 0.419 e. The van der Waals surface area contributed by atoms with Gasteiger partial charge in [-0.2, -0.15) is 13.2 Å². The molecule has 1 fully saturated rings. The van der Waals surface area contributed by atoms with Gasteiger partial charge in [0.05, 0.1) is 18.7 Å². The van der Waals surface area contributed by atoms with Crippen LogP contribution in [0.5, 0.6) is 5.75 Å². The molecule has 2 rings (SSSR count). The van der Waals surface area contributed by atoms with Gasteiger partial charge in [0.15, 0.2) is 12.2 Å². The number of amides is 2. The zero-order valence-corrected chi connectivity index (χ0v) is 12.9. The van der Waals surface area contributed by atoms with Crippen molar-refractivity contribution in [3.8, 4) is 5.75 Å². The number of morpholine rings is 1. The second-order valence-electron chi connectivity index (χ2n) is 5.30. The summed E-state index contributed by atoms with van der Waals surface area (Å²) in [5.74, 6) is -1.67. The average molecular weight is 346 g/mol. The molecule has 1 aliphatic rings. The molecule has 1 aliphatic heterocycles. The maximum Gasteiger partial charge on any atom is 0.419 e. The number of primary amides is 1. The summed E-state index contributed by atoms with van der Waals surface area (Å²) in [6, 6.07) is 4.66. The summed E-state index contributed by atoms with van der Waals surface area (Å²) >= 11 is 0. The maximum atomic E-state index is 13.0. The van der Waals surface area contributed by atoms with Gasteiger partial charge in [-0.1, -0.05) is 12.1 Å². The number of rotatable bonds is 4. The molecule has 0 saturated carbocycles. The molecule has 1 aromatic rings. The molecule has 2 amide bonds. The summed E-state index contributed by atoms with van der Waals surface area (Å²) in [6.07, 6.45) is -6.67. The SMILES string of the molecule is C[C@H](Oc1ccccc1C(F)(F)F)C(=O)N1CCO[C@H](C(N)=O)C1. The summed E-state index contributed by atoms with van der Waals surface area (Å²) in [4.78, 5) is 24.8. The van der Waals surface area contributed by atoms with E-state index >= 15 is 0 Å². The zero-order chi connectivity index (χ0) is 17.9. The number of nitrogens with two attached hydrogens (primary N) is 1. The highest BCUT2D eigenvalue weighted by atomic mass is 19.4. The second-order valence-corrected chi connectivity index (χ2v) is 5.30. The van der Waals surface area contributed by atoms with Crippen molar-refractivity contribution in [2.45, 2.75) is 25.3 Å². The first-order valence-corrected chi connectivity index (χ1v) is 7.22. The molecule has 6 nitrogen and oxygen atoms in total. The summed E-state index contributed by atoms with van der Waals surface area (Å²) < 4.78 is 49.2. The molecule has 0 aromatic heterocycles. The van der Waals surface area contributed by atoms with Crippen LogP contribution in [0.1, 0.15) is 12.5 Å². The van der Waals surface area contributed by atoms with Crippen LogP contribution in [0.2, 0.25) is 0 Å². The van der Waals surface area contributed by atoms with Gasteiger partial charge >= 0.3 is 6.18 Å². The van der Waals surface area contributed by atoms with Gasteiger partial charge in [0.1, 0.15) is 5.75 Å². The number of alkyl halides is 3. The molecule has 0 aliphatic carbocycles. The molecule has 2 atom stereocenters. The normalized spacial score (nSPS) is 19.7. The van der Waals surface area contributed by atoms with E-state index in [4.69, 9.17) is 15.2 Å². The Labute approximate surface area is 136 Å². The maximum absolute atomic E-state index is 13.0.